The molecule has 3 rings (SSSR count). The minimum absolute atomic E-state index is 0.224. The Bertz CT molecular complexity index is 1430. The van der Waals surface area contributed by atoms with Crippen LogP contribution in [0.2, 0.25) is 0 Å². The van der Waals surface area contributed by atoms with Gasteiger partial charge in [0.25, 0.3) is 10.0 Å². The topological polar surface area (TPSA) is 184 Å². The highest BCUT2D eigenvalue weighted by atomic mass is 32.2. The molecule has 3 aromatic rings. The zero-order valence-electron chi connectivity index (χ0n) is 17.9. The molecule has 0 amide bonds. The highest BCUT2D eigenvalue weighted by Crippen LogP contribution is 2.33. The van der Waals surface area contributed by atoms with Crippen LogP contribution in [0.15, 0.2) is 65.6 Å². The highest BCUT2D eigenvalue weighted by Gasteiger charge is 2.20. The number of hydrogen-bond acceptors (Lipinski definition) is 7. The molecule has 0 aliphatic rings. The van der Waals surface area contributed by atoms with E-state index in [1.165, 1.54) is 31.2 Å². The standard InChI is InChI=1S/C23H17NO10S/c1-12(25)13-2-5-18(6-3-13)35(32,33)24-19-11-14(21(26)27)4-7-20(19)34-17-9-15(22(28)29)8-16(10-17)23(30)31/h2-11,24H,1H3,(H,26,27)(H,28,29)(H,30,31). The number of ketones is 1. The third-order valence-electron chi connectivity index (χ3n) is 4.67. The van der Waals surface area contributed by atoms with Gasteiger partial charge in [0.05, 0.1) is 27.3 Å². The summed E-state index contributed by atoms with van der Waals surface area (Å²) in [6.45, 7) is 1.32. The van der Waals surface area contributed by atoms with Gasteiger partial charge in [-0.1, -0.05) is 12.1 Å². The summed E-state index contributed by atoms with van der Waals surface area (Å²) >= 11 is 0. The second-order valence-corrected chi connectivity index (χ2v) is 8.84. The number of aromatic carboxylic acids is 3. The van der Waals surface area contributed by atoms with Crippen molar-refractivity contribution in [2.45, 2.75) is 11.8 Å². The summed E-state index contributed by atoms with van der Waals surface area (Å²) in [5.74, 6) is -4.93. The molecule has 0 aliphatic carbocycles. The number of carboxylic acids is 3. The summed E-state index contributed by atoms with van der Waals surface area (Å²) in [6, 6.07) is 11.2. The molecule has 180 valence electrons. The lowest BCUT2D eigenvalue weighted by Crippen LogP contribution is -2.14. The van der Waals surface area contributed by atoms with Crippen molar-refractivity contribution in [1.29, 1.82) is 0 Å². The molecular formula is C23H17NO10S. The molecule has 0 saturated heterocycles. The fourth-order valence-electron chi connectivity index (χ4n) is 2.94. The van der Waals surface area contributed by atoms with Gasteiger partial charge in [0, 0.05) is 5.56 Å². The Hall–Kier alpha value is -4.71. The fraction of sp³-hybridized carbons (Fsp3) is 0.0435. The Kier molecular flexibility index (Phi) is 6.87. The van der Waals surface area contributed by atoms with Crippen molar-refractivity contribution in [1.82, 2.24) is 0 Å². The van der Waals surface area contributed by atoms with Crippen molar-refractivity contribution >= 4 is 39.4 Å². The van der Waals surface area contributed by atoms with E-state index >= 15 is 0 Å². The number of carbonyl (C=O) groups is 4. The minimum atomic E-state index is -4.28. The zero-order chi connectivity index (χ0) is 25.9. The number of benzene rings is 3. The van der Waals surface area contributed by atoms with Gasteiger partial charge in [0.15, 0.2) is 11.5 Å². The molecule has 0 bridgehead atoms. The molecule has 0 heterocycles. The van der Waals surface area contributed by atoms with Gasteiger partial charge in [0.2, 0.25) is 0 Å². The van der Waals surface area contributed by atoms with Crippen molar-refractivity contribution in [3.8, 4) is 11.5 Å². The van der Waals surface area contributed by atoms with Crippen LogP contribution in [0.3, 0.4) is 0 Å². The molecule has 35 heavy (non-hydrogen) atoms. The summed E-state index contributed by atoms with van der Waals surface area (Å²) in [7, 11) is -4.28. The molecule has 0 spiro atoms. The number of sulfonamides is 1. The first-order valence-corrected chi connectivity index (χ1v) is 11.2. The van der Waals surface area contributed by atoms with Crippen LogP contribution in [0.1, 0.15) is 48.4 Å². The lowest BCUT2D eigenvalue weighted by molar-refractivity contribution is 0.0681. The molecular weight excluding hydrogens is 482 g/mol. The molecule has 0 unspecified atom stereocenters. The predicted octanol–water partition coefficient (Wildman–Crippen LogP) is 3.58. The number of nitrogens with one attached hydrogen (secondary N) is 1. The smallest absolute Gasteiger partial charge is 0.335 e. The molecule has 0 radical (unpaired) electrons. The zero-order valence-corrected chi connectivity index (χ0v) is 18.7. The molecule has 12 heteroatoms. The van der Waals surface area contributed by atoms with E-state index in [0.717, 1.165) is 36.4 Å². The molecule has 3 aromatic carbocycles. The number of carboxylic acid groups (broad SMARTS) is 3. The Morgan fingerprint density at radius 2 is 1.23 bits per heavy atom. The van der Waals surface area contributed by atoms with Crippen LogP contribution >= 0.6 is 0 Å². The van der Waals surface area contributed by atoms with E-state index in [-0.39, 0.29) is 39.0 Å². The molecule has 0 saturated carbocycles. The van der Waals surface area contributed by atoms with Crippen LogP contribution in [-0.2, 0) is 10.0 Å². The molecule has 0 aliphatic heterocycles. The summed E-state index contributed by atoms with van der Waals surface area (Å²) in [6.07, 6.45) is 0. The summed E-state index contributed by atoms with van der Waals surface area (Å²) in [4.78, 5) is 45.3. The van der Waals surface area contributed by atoms with Gasteiger partial charge in [-0.15, -0.1) is 0 Å². The van der Waals surface area contributed by atoms with Crippen LogP contribution in [0.5, 0.6) is 11.5 Å². The monoisotopic (exact) mass is 499 g/mol. The number of Topliss-reactive ketones (excluding diaryl/α,β-unsaturated/α-hetero) is 1. The summed E-state index contributed by atoms with van der Waals surface area (Å²) < 4.78 is 33.6. The normalized spacial score (nSPS) is 10.9. The first kappa shape index (κ1) is 24.9. The quantitative estimate of drug-likeness (QED) is 0.317. The van der Waals surface area contributed by atoms with Gasteiger partial charge in [-0.3, -0.25) is 9.52 Å². The third kappa shape index (κ3) is 5.81. The van der Waals surface area contributed by atoms with Gasteiger partial charge >= 0.3 is 17.9 Å². The van der Waals surface area contributed by atoms with Gasteiger partial charge < -0.3 is 20.1 Å². The van der Waals surface area contributed by atoms with E-state index in [9.17, 15) is 42.9 Å². The van der Waals surface area contributed by atoms with E-state index in [4.69, 9.17) is 4.74 Å². The lowest BCUT2D eigenvalue weighted by Gasteiger charge is -2.15. The molecule has 0 fully saturated rings. The van der Waals surface area contributed by atoms with Gasteiger partial charge in [-0.25, -0.2) is 22.8 Å². The second-order valence-electron chi connectivity index (χ2n) is 7.16. The third-order valence-corrected chi connectivity index (χ3v) is 6.05. The van der Waals surface area contributed by atoms with Gasteiger partial charge in [0.1, 0.15) is 5.75 Å². The van der Waals surface area contributed by atoms with Crippen LogP contribution in [0.25, 0.3) is 0 Å². The molecule has 0 atom stereocenters. The first-order valence-electron chi connectivity index (χ1n) is 9.68. The number of ether oxygens (including phenoxy) is 1. The maximum absolute atomic E-state index is 12.9. The Morgan fingerprint density at radius 3 is 1.71 bits per heavy atom. The van der Waals surface area contributed by atoms with Crippen molar-refractivity contribution in [2.75, 3.05) is 4.72 Å². The average Bonchev–Trinajstić information content (AvgIpc) is 2.79. The van der Waals surface area contributed by atoms with Gasteiger partial charge in [-0.2, -0.15) is 0 Å². The average molecular weight is 499 g/mol. The van der Waals surface area contributed by atoms with Crippen molar-refractivity contribution < 1.29 is 47.7 Å². The predicted molar refractivity (Wildman–Crippen MR) is 121 cm³/mol. The van der Waals surface area contributed by atoms with E-state index in [1.807, 2.05) is 0 Å². The second kappa shape index (κ2) is 9.65. The fourth-order valence-corrected chi connectivity index (χ4v) is 4.00. The maximum atomic E-state index is 12.9. The summed E-state index contributed by atoms with van der Waals surface area (Å²) in [5, 5.41) is 27.8. The minimum Gasteiger partial charge on any atom is -0.478 e. The highest BCUT2D eigenvalue weighted by molar-refractivity contribution is 7.92. The maximum Gasteiger partial charge on any atom is 0.335 e. The Labute approximate surface area is 198 Å². The van der Waals surface area contributed by atoms with Crippen LogP contribution in [-0.4, -0.2) is 47.4 Å². The molecule has 4 N–H and O–H groups in total. The van der Waals surface area contributed by atoms with E-state index in [0.29, 0.717) is 0 Å². The van der Waals surface area contributed by atoms with E-state index in [2.05, 4.69) is 4.72 Å². The number of anilines is 1. The van der Waals surface area contributed by atoms with Crippen LogP contribution in [0, 0.1) is 0 Å². The number of hydrogen-bond donors (Lipinski definition) is 4. The Morgan fingerprint density at radius 1 is 0.714 bits per heavy atom. The number of carbonyl (C=O) groups excluding carboxylic acids is 1. The van der Waals surface area contributed by atoms with Crippen molar-refractivity contribution in [3.63, 3.8) is 0 Å². The van der Waals surface area contributed by atoms with Crippen molar-refractivity contribution in [3.05, 3.63) is 82.9 Å². The molecule has 0 aromatic heterocycles. The van der Waals surface area contributed by atoms with E-state index < -0.39 is 39.1 Å². The largest absolute Gasteiger partial charge is 0.478 e. The molecule has 11 nitrogen and oxygen atoms in total. The lowest BCUT2D eigenvalue weighted by atomic mass is 10.1. The Balaban J connectivity index is 2.05. The van der Waals surface area contributed by atoms with Gasteiger partial charge in [-0.05, 0) is 55.5 Å². The number of rotatable bonds is 9. The van der Waals surface area contributed by atoms with Crippen molar-refractivity contribution in [2.24, 2.45) is 0 Å². The van der Waals surface area contributed by atoms with Crippen LogP contribution < -0.4 is 9.46 Å². The van der Waals surface area contributed by atoms with E-state index in [1.54, 1.807) is 0 Å². The first-order chi connectivity index (χ1) is 16.4. The summed E-state index contributed by atoms with van der Waals surface area (Å²) in [5.41, 5.74) is -1.09. The SMILES string of the molecule is CC(=O)c1ccc(S(=O)(=O)Nc2cc(C(=O)O)ccc2Oc2cc(C(=O)O)cc(C(=O)O)c2)cc1. The van der Waals surface area contributed by atoms with Crippen LogP contribution in [0.4, 0.5) is 5.69 Å².